The van der Waals surface area contributed by atoms with E-state index in [0.717, 1.165) is 6.07 Å². The predicted molar refractivity (Wildman–Crippen MR) is 55.5 cm³/mol. The molecule has 0 aliphatic heterocycles. The topological polar surface area (TPSA) is 33.1 Å². The highest BCUT2D eigenvalue weighted by atomic mass is 19.2. The number of aliphatic hydroxyl groups excluding tert-OH is 1. The fourth-order valence-electron chi connectivity index (χ4n) is 1.46. The summed E-state index contributed by atoms with van der Waals surface area (Å²) in [6.07, 6.45) is 1.45. The van der Waals surface area contributed by atoms with E-state index >= 15 is 0 Å². The number of pyridine rings is 1. The van der Waals surface area contributed by atoms with E-state index < -0.39 is 11.6 Å². The third-order valence-electron chi connectivity index (χ3n) is 2.24. The lowest BCUT2D eigenvalue weighted by Gasteiger charge is -2.05. The summed E-state index contributed by atoms with van der Waals surface area (Å²) in [4.78, 5) is 3.87. The molecule has 0 bridgehead atoms. The van der Waals surface area contributed by atoms with Crippen LogP contribution in [-0.2, 0) is 6.61 Å². The zero-order valence-corrected chi connectivity index (χ0v) is 8.32. The van der Waals surface area contributed by atoms with Crippen LogP contribution in [0.5, 0.6) is 0 Å². The highest BCUT2D eigenvalue weighted by molar-refractivity contribution is 5.64. The highest BCUT2D eigenvalue weighted by Crippen LogP contribution is 2.24. The van der Waals surface area contributed by atoms with Gasteiger partial charge < -0.3 is 5.11 Å². The van der Waals surface area contributed by atoms with Crippen LogP contribution in [0, 0.1) is 11.6 Å². The summed E-state index contributed by atoms with van der Waals surface area (Å²) in [6, 6.07) is 7.07. The van der Waals surface area contributed by atoms with Gasteiger partial charge in [-0.25, -0.2) is 8.78 Å². The van der Waals surface area contributed by atoms with Crippen LogP contribution in [0.2, 0.25) is 0 Å². The van der Waals surface area contributed by atoms with Crippen molar-refractivity contribution >= 4 is 0 Å². The number of nitrogens with zero attached hydrogens (tertiary/aromatic N) is 1. The number of aromatic nitrogens is 1. The molecule has 0 saturated heterocycles. The Balaban J connectivity index is 2.54. The van der Waals surface area contributed by atoms with Crippen LogP contribution < -0.4 is 0 Å². The van der Waals surface area contributed by atoms with Gasteiger partial charge in [0, 0.05) is 11.8 Å². The fraction of sp³-hybridized carbons (Fsp3) is 0.0833. The molecule has 2 rings (SSSR count). The molecule has 82 valence electrons. The van der Waals surface area contributed by atoms with Crippen LogP contribution >= 0.6 is 0 Å². The molecule has 0 radical (unpaired) electrons. The van der Waals surface area contributed by atoms with Crippen LogP contribution in [0.25, 0.3) is 11.1 Å². The molecule has 0 saturated carbocycles. The van der Waals surface area contributed by atoms with Gasteiger partial charge in [-0.3, -0.25) is 4.98 Å². The average Bonchev–Trinajstić information content (AvgIpc) is 2.33. The summed E-state index contributed by atoms with van der Waals surface area (Å²) in [5.41, 5.74) is 1.08. The van der Waals surface area contributed by atoms with Gasteiger partial charge in [0.1, 0.15) is 0 Å². The van der Waals surface area contributed by atoms with Crippen molar-refractivity contribution in [3.05, 3.63) is 53.9 Å². The fourth-order valence-corrected chi connectivity index (χ4v) is 1.46. The van der Waals surface area contributed by atoms with Gasteiger partial charge in [0.05, 0.1) is 12.3 Å². The molecule has 1 aromatic heterocycles. The first-order valence-electron chi connectivity index (χ1n) is 4.72. The first-order valence-corrected chi connectivity index (χ1v) is 4.72. The third kappa shape index (κ3) is 1.92. The highest BCUT2D eigenvalue weighted by Gasteiger charge is 2.09. The van der Waals surface area contributed by atoms with E-state index in [1.807, 2.05) is 0 Å². The summed E-state index contributed by atoms with van der Waals surface area (Å²) >= 11 is 0. The van der Waals surface area contributed by atoms with E-state index in [-0.39, 0.29) is 12.2 Å². The predicted octanol–water partition coefficient (Wildman–Crippen LogP) is 2.52. The molecule has 0 amide bonds. The zero-order chi connectivity index (χ0) is 11.5. The largest absolute Gasteiger partial charge is 0.390 e. The maximum Gasteiger partial charge on any atom is 0.166 e. The lowest BCUT2D eigenvalue weighted by atomic mass is 10.1. The first-order chi connectivity index (χ1) is 7.72. The van der Waals surface area contributed by atoms with Gasteiger partial charge in [0.2, 0.25) is 0 Å². The minimum absolute atomic E-state index is 0.164. The molecule has 1 N–H and O–H groups in total. The van der Waals surface area contributed by atoms with Gasteiger partial charge in [0.25, 0.3) is 0 Å². The number of halogens is 2. The SMILES string of the molecule is OCc1cc(-c2cccc(F)c2F)ccn1. The lowest BCUT2D eigenvalue weighted by Crippen LogP contribution is -1.92. The summed E-state index contributed by atoms with van der Waals surface area (Å²) in [7, 11) is 0. The molecular formula is C12H9F2NO. The molecule has 0 aliphatic rings. The molecule has 0 unspecified atom stereocenters. The van der Waals surface area contributed by atoms with Crippen LogP contribution in [0.3, 0.4) is 0 Å². The molecule has 2 aromatic rings. The van der Waals surface area contributed by atoms with Gasteiger partial charge in [-0.05, 0) is 23.8 Å². The lowest BCUT2D eigenvalue weighted by molar-refractivity contribution is 0.277. The maximum atomic E-state index is 13.5. The molecule has 16 heavy (non-hydrogen) atoms. The Kier molecular flexibility index (Phi) is 2.92. The van der Waals surface area contributed by atoms with Crippen molar-refractivity contribution < 1.29 is 13.9 Å². The van der Waals surface area contributed by atoms with Gasteiger partial charge in [0.15, 0.2) is 11.6 Å². The first kappa shape index (κ1) is 10.7. The Morgan fingerprint density at radius 1 is 1.19 bits per heavy atom. The summed E-state index contributed by atoms with van der Waals surface area (Å²) in [6.45, 7) is -0.231. The summed E-state index contributed by atoms with van der Waals surface area (Å²) in [5.74, 6) is -1.78. The molecule has 0 aliphatic carbocycles. The van der Waals surface area contributed by atoms with Gasteiger partial charge in [-0.2, -0.15) is 0 Å². The van der Waals surface area contributed by atoms with Gasteiger partial charge in [-0.1, -0.05) is 12.1 Å². The second-order valence-electron chi connectivity index (χ2n) is 3.30. The van der Waals surface area contributed by atoms with Gasteiger partial charge >= 0.3 is 0 Å². The number of aliphatic hydroxyl groups is 1. The van der Waals surface area contributed by atoms with E-state index in [4.69, 9.17) is 5.11 Å². The summed E-state index contributed by atoms with van der Waals surface area (Å²) in [5, 5.41) is 8.90. The standard InChI is InChI=1S/C12H9F2NO/c13-11-3-1-2-10(12(11)14)8-4-5-15-9(6-8)7-16/h1-6,16H,7H2. The molecule has 4 heteroatoms. The second-order valence-corrected chi connectivity index (χ2v) is 3.30. The second kappa shape index (κ2) is 4.37. The molecule has 2 nitrogen and oxygen atoms in total. The third-order valence-corrected chi connectivity index (χ3v) is 2.24. The van der Waals surface area contributed by atoms with Crippen molar-refractivity contribution in [1.29, 1.82) is 0 Å². The zero-order valence-electron chi connectivity index (χ0n) is 8.32. The number of benzene rings is 1. The molecule has 1 aromatic carbocycles. The maximum absolute atomic E-state index is 13.5. The van der Waals surface area contributed by atoms with E-state index in [1.165, 1.54) is 24.4 Å². The van der Waals surface area contributed by atoms with Gasteiger partial charge in [-0.15, -0.1) is 0 Å². The van der Waals surface area contributed by atoms with E-state index in [9.17, 15) is 8.78 Å². The normalized spacial score (nSPS) is 10.4. The number of hydrogen-bond donors (Lipinski definition) is 1. The number of rotatable bonds is 2. The van der Waals surface area contributed by atoms with Crippen molar-refractivity contribution in [1.82, 2.24) is 4.98 Å². The Hall–Kier alpha value is -1.81. The Labute approximate surface area is 91.2 Å². The van der Waals surface area contributed by atoms with E-state index in [0.29, 0.717) is 11.3 Å². The molecule has 0 fully saturated rings. The van der Waals surface area contributed by atoms with Crippen molar-refractivity contribution in [3.8, 4) is 11.1 Å². The monoisotopic (exact) mass is 221 g/mol. The minimum atomic E-state index is -0.891. The van der Waals surface area contributed by atoms with Crippen LogP contribution in [0.4, 0.5) is 8.78 Å². The van der Waals surface area contributed by atoms with E-state index in [1.54, 1.807) is 6.07 Å². The molecular weight excluding hydrogens is 212 g/mol. The Bertz CT molecular complexity index is 514. The minimum Gasteiger partial charge on any atom is -0.390 e. The quantitative estimate of drug-likeness (QED) is 0.845. The van der Waals surface area contributed by atoms with Crippen LogP contribution in [0.15, 0.2) is 36.5 Å². The number of hydrogen-bond acceptors (Lipinski definition) is 2. The van der Waals surface area contributed by atoms with Crippen LogP contribution in [0.1, 0.15) is 5.69 Å². The smallest absolute Gasteiger partial charge is 0.166 e. The molecule has 0 atom stereocenters. The Morgan fingerprint density at radius 3 is 2.75 bits per heavy atom. The Morgan fingerprint density at radius 2 is 2.00 bits per heavy atom. The van der Waals surface area contributed by atoms with Crippen molar-refractivity contribution in [2.24, 2.45) is 0 Å². The van der Waals surface area contributed by atoms with E-state index in [2.05, 4.69) is 4.98 Å². The van der Waals surface area contributed by atoms with Crippen LogP contribution in [-0.4, -0.2) is 10.1 Å². The molecule has 0 spiro atoms. The van der Waals surface area contributed by atoms with Crippen molar-refractivity contribution in [2.45, 2.75) is 6.61 Å². The molecule has 1 heterocycles. The van der Waals surface area contributed by atoms with Crippen molar-refractivity contribution in [2.75, 3.05) is 0 Å². The van der Waals surface area contributed by atoms with Crippen molar-refractivity contribution in [3.63, 3.8) is 0 Å². The average molecular weight is 221 g/mol. The summed E-state index contributed by atoms with van der Waals surface area (Å²) < 4.78 is 26.5.